The number of amides is 1. The van der Waals surface area contributed by atoms with E-state index in [4.69, 9.17) is 0 Å². The Labute approximate surface area is 100.0 Å². The van der Waals surface area contributed by atoms with Gasteiger partial charge in [-0.15, -0.1) is 11.8 Å². The molecule has 0 bridgehead atoms. The number of carbonyl (C=O) groups excluding carboxylic acids is 1. The molecular weight excluding hydrogens is 220 g/mol. The predicted molar refractivity (Wildman–Crippen MR) is 67.9 cm³/mol. The highest BCUT2D eigenvalue weighted by Crippen LogP contribution is 2.19. The van der Waals surface area contributed by atoms with Crippen LogP contribution in [0.2, 0.25) is 0 Å². The van der Waals surface area contributed by atoms with Gasteiger partial charge in [-0.1, -0.05) is 0 Å². The lowest BCUT2D eigenvalue weighted by Crippen LogP contribution is -2.31. The van der Waals surface area contributed by atoms with Crippen molar-refractivity contribution in [1.82, 2.24) is 5.32 Å². The second kappa shape index (κ2) is 5.25. The van der Waals surface area contributed by atoms with Crippen LogP contribution >= 0.6 is 11.8 Å². The highest BCUT2D eigenvalue weighted by molar-refractivity contribution is 7.98. The molecule has 1 aromatic carbocycles. The maximum absolute atomic E-state index is 11.4. The highest BCUT2D eigenvalue weighted by atomic mass is 32.2. The number of benzene rings is 1. The van der Waals surface area contributed by atoms with Gasteiger partial charge in [-0.25, -0.2) is 0 Å². The zero-order valence-electron chi connectivity index (χ0n) is 9.32. The Morgan fingerprint density at radius 3 is 2.62 bits per heavy atom. The Bertz CT molecular complexity index is 360. The first-order valence-corrected chi connectivity index (χ1v) is 6.67. The minimum absolute atomic E-state index is 0.0800. The van der Waals surface area contributed by atoms with E-state index in [1.807, 2.05) is 30.5 Å². The van der Waals surface area contributed by atoms with E-state index >= 15 is 0 Å². The molecule has 1 amide bonds. The Morgan fingerprint density at radius 1 is 1.38 bits per heavy atom. The van der Waals surface area contributed by atoms with Crippen molar-refractivity contribution in [2.75, 3.05) is 18.1 Å². The van der Waals surface area contributed by atoms with Crippen LogP contribution in [0, 0.1) is 0 Å². The second-order valence-corrected chi connectivity index (χ2v) is 4.80. The highest BCUT2D eigenvalue weighted by Gasteiger charge is 2.22. The van der Waals surface area contributed by atoms with E-state index in [0.29, 0.717) is 12.6 Å². The summed E-state index contributed by atoms with van der Waals surface area (Å²) in [6, 6.07) is 8.53. The van der Waals surface area contributed by atoms with Gasteiger partial charge in [0.15, 0.2) is 0 Å². The van der Waals surface area contributed by atoms with Gasteiger partial charge in [0.2, 0.25) is 5.91 Å². The van der Waals surface area contributed by atoms with Gasteiger partial charge in [0.05, 0.1) is 6.54 Å². The minimum atomic E-state index is 0.0800. The van der Waals surface area contributed by atoms with E-state index < -0.39 is 0 Å². The van der Waals surface area contributed by atoms with Gasteiger partial charge < -0.3 is 10.6 Å². The summed E-state index contributed by atoms with van der Waals surface area (Å²) in [7, 11) is 0. The maximum Gasteiger partial charge on any atom is 0.239 e. The third-order valence-corrected chi connectivity index (χ3v) is 3.23. The van der Waals surface area contributed by atoms with Crippen molar-refractivity contribution < 1.29 is 4.79 Å². The number of thioether (sulfide) groups is 1. The third kappa shape index (κ3) is 3.45. The summed E-state index contributed by atoms with van der Waals surface area (Å²) in [6.07, 6.45) is 4.31. The molecule has 1 saturated carbocycles. The van der Waals surface area contributed by atoms with Crippen LogP contribution < -0.4 is 10.6 Å². The van der Waals surface area contributed by atoms with Crippen molar-refractivity contribution >= 4 is 23.4 Å². The zero-order chi connectivity index (χ0) is 11.4. The monoisotopic (exact) mass is 236 g/mol. The number of hydrogen-bond donors (Lipinski definition) is 2. The summed E-state index contributed by atoms with van der Waals surface area (Å²) in [6.45, 7) is 0.356. The molecule has 0 saturated heterocycles. The molecule has 0 heterocycles. The Morgan fingerprint density at radius 2 is 2.06 bits per heavy atom. The van der Waals surface area contributed by atoms with Gasteiger partial charge in [-0.2, -0.15) is 0 Å². The van der Waals surface area contributed by atoms with Crippen molar-refractivity contribution in [2.45, 2.75) is 23.8 Å². The number of hydrogen-bond acceptors (Lipinski definition) is 3. The Balaban J connectivity index is 1.76. The first-order chi connectivity index (χ1) is 7.78. The smallest absolute Gasteiger partial charge is 0.239 e. The Hall–Kier alpha value is -1.16. The summed E-state index contributed by atoms with van der Waals surface area (Å²) in [4.78, 5) is 12.6. The maximum atomic E-state index is 11.4. The fourth-order valence-corrected chi connectivity index (χ4v) is 1.81. The molecule has 0 atom stereocenters. The van der Waals surface area contributed by atoms with E-state index in [-0.39, 0.29) is 5.91 Å². The summed E-state index contributed by atoms with van der Waals surface area (Å²) >= 11 is 1.71. The van der Waals surface area contributed by atoms with Crippen LogP contribution in [0.15, 0.2) is 29.2 Å². The SMILES string of the molecule is CSc1ccc(NCC(=O)NC2CC2)cc1. The first kappa shape index (κ1) is 11.3. The van der Waals surface area contributed by atoms with Crippen molar-refractivity contribution in [3.05, 3.63) is 24.3 Å². The lowest BCUT2D eigenvalue weighted by atomic mass is 10.3. The second-order valence-electron chi connectivity index (χ2n) is 3.92. The van der Waals surface area contributed by atoms with Gasteiger partial charge in [-0.3, -0.25) is 4.79 Å². The van der Waals surface area contributed by atoms with Gasteiger partial charge >= 0.3 is 0 Å². The summed E-state index contributed by atoms with van der Waals surface area (Å²) < 4.78 is 0. The summed E-state index contributed by atoms with van der Waals surface area (Å²) in [5, 5.41) is 6.05. The molecule has 1 aromatic rings. The van der Waals surface area contributed by atoms with Crippen LogP contribution in [-0.4, -0.2) is 24.7 Å². The zero-order valence-corrected chi connectivity index (χ0v) is 10.1. The number of anilines is 1. The van der Waals surface area contributed by atoms with Crippen LogP contribution in [-0.2, 0) is 4.79 Å². The van der Waals surface area contributed by atoms with E-state index in [1.165, 1.54) is 4.90 Å². The van der Waals surface area contributed by atoms with Crippen molar-refractivity contribution in [3.8, 4) is 0 Å². The molecule has 86 valence electrons. The van der Waals surface area contributed by atoms with Gasteiger partial charge in [0.1, 0.15) is 0 Å². The number of carbonyl (C=O) groups is 1. The van der Waals surface area contributed by atoms with Crippen LogP contribution in [0.4, 0.5) is 5.69 Å². The van der Waals surface area contributed by atoms with E-state index in [2.05, 4.69) is 10.6 Å². The quantitative estimate of drug-likeness (QED) is 0.769. The van der Waals surface area contributed by atoms with Crippen LogP contribution in [0.1, 0.15) is 12.8 Å². The molecule has 1 aliphatic carbocycles. The Kier molecular flexibility index (Phi) is 3.72. The molecule has 1 fully saturated rings. The van der Waals surface area contributed by atoms with Gasteiger partial charge in [0.25, 0.3) is 0 Å². The molecule has 1 aliphatic rings. The van der Waals surface area contributed by atoms with Crippen molar-refractivity contribution in [3.63, 3.8) is 0 Å². The summed E-state index contributed by atoms with van der Waals surface area (Å²) in [5.74, 6) is 0.0800. The standard InChI is InChI=1S/C12H16N2OS/c1-16-11-6-4-9(5-7-11)13-8-12(15)14-10-2-3-10/h4-7,10,13H,2-3,8H2,1H3,(H,14,15). The lowest BCUT2D eigenvalue weighted by molar-refractivity contribution is -0.119. The lowest BCUT2D eigenvalue weighted by Gasteiger charge is -2.07. The molecule has 0 spiro atoms. The third-order valence-electron chi connectivity index (χ3n) is 2.49. The summed E-state index contributed by atoms with van der Waals surface area (Å²) in [5.41, 5.74) is 0.990. The predicted octanol–water partition coefficient (Wildman–Crippen LogP) is 2.10. The fraction of sp³-hybridized carbons (Fsp3) is 0.417. The van der Waals surface area contributed by atoms with E-state index in [1.54, 1.807) is 11.8 Å². The normalized spacial score (nSPS) is 14.6. The molecule has 2 N–H and O–H groups in total. The molecule has 4 heteroatoms. The number of rotatable bonds is 5. The molecule has 0 aromatic heterocycles. The molecule has 2 rings (SSSR count). The average molecular weight is 236 g/mol. The number of nitrogens with one attached hydrogen (secondary N) is 2. The van der Waals surface area contributed by atoms with Crippen molar-refractivity contribution in [1.29, 1.82) is 0 Å². The minimum Gasteiger partial charge on any atom is -0.376 e. The molecule has 0 aliphatic heterocycles. The molecule has 0 radical (unpaired) electrons. The topological polar surface area (TPSA) is 41.1 Å². The van der Waals surface area contributed by atoms with Gasteiger partial charge in [-0.05, 0) is 43.4 Å². The molecule has 16 heavy (non-hydrogen) atoms. The fourth-order valence-electron chi connectivity index (χ4n) is 1.40. The molecule has 0 unspecified atom stereocenters. The first-order valence-electron chi connectivity index (χ1n) is 5.45. The average Bonchev–Trinajstić information content (AvgIpc) is 3.11. The van der Waals surface area contributed by atoms with Crippen LogP contribution in [0.3, 0.4) is 0 Å². The van der Waals surface area contributed by atoms with E-state index in [0.717, 1.165) is 18.5 Å². The van der Waals surface area contributed by atoms with Crippen LogP contribution in [0.5, 0.6) is 0 Å². The van der Waals surface area contributed by atoms with E-state index in [9.17, 15) is 4.79 Å². The molecular formula is C12H16N2OS. The largest absolute Gasteiger partial charge is 0.376 e. The van der Waals surface area contributed by atoms with Crippen molar-refractivity contribution in [2.24, 2.45) is 0 Å². The molecule has 3 nitrogen and oxygen atoms in total. The van der Waals surface area contributed by atoms with Crippen LogP contribution in [0.25, 0.3) is 0 Å². The van der Waals surface area contributed by atoms with Gasteiger partial charge in [0, 0.05) is 16.6 Å².